The average Bonchev–Trinajstić information content (AvgIpc) is 2.79. The average molecular weight is 453 g/mol. The number of sulfone groups is 1. The molecule has 0 aliphatic rings. The van der Waals surface area contributed by atoms with Gasteiger partial charge in [-0.15, -0.1) is 0 Å². The maximum Gasteiger partial charge on any atom is 0.251 e. The summed E-state index contributed by atoms with van der Waals surface area (Å²) in [7, 11) is -2.00. The third-order valence-corrected chi connectivity index (χ3v) is 6.32. The minimum atomic E-state index is -3.45. The summed E-state index contributed by atoms with van der Waals surface area (Å²) >= 11 is 0. The number of amides is 2. The van der Waals surface area contributed by atoms with Gasteiger partial charge in [0.25, 0.3) is 5.91 Å². The van der Waals surface area contributed by atoms with Crippen LogP contribution in [0.25, 0.3) is 0 Å². The van der Waals surface area contributed by atoms with E-state index in [1.165, 1.54) is 7.11 Å². The standard InChI is InChI=1S/C24H24N2O5S/c1-31-16-23(27)26-21-7-5-6-19(14-21)15-25-24(28)20-12-10-18(11-13-20)17-32(29,30)22-8-3-2-4-9-22/h2-14H,15-17H2,1H3,(H,25,28)(H,26,27). The molecule has 0 heterocycles. The predicted octanol–water partition coefficient (Wildman–Crippen LogP) is 3.18. The number of ether oxygens (including phenoxy) is 1. The van der Waals surface area contributed by atoms with E-state index in [1.54, 1.807) is 72.8 Å². The Morgan fingerprint density at radius 3 is 2.28 bits per heavy atom. The van der Waals surface area contributed by atoms with Crippen LogP contribution in [0.5, 0.6) is 0 Å². The van der Waals surface area contributed by atoms with E-state index in [2.05, 4.69) is 10.6 Å². The molecular formula is C24H24N2O5S. The number of rotatable bonds is 9. The molecule has 2 N–H and O–H groups in total. The van der Waals surface area contributed by atoms with Crippen molar-refractivity contribution in [3.63, 3.8) is 0 Å². The Hall–Kier alpha value is -3.49. The molecule has 3 aromatic rings. The highest BCUT2D eigenvalue weighted by Gasteiger charge is 2.15. The first-order chi connectivity index (χ1) is 15.4. The third-order valence-electron chi connectivity index (χ3n) is 4.61. The minimum Gasteiger partial charge on any atom is -0.375 e. The smallest absolute Gasteiger partial charge is 0.251 e. The maximum atomic E-state index is 12.5. The van der Waals surface area contributed by atoms with Gasteiger partial charge in [-0.3, -0.25) is 9.59 Å². The number of methoxy groups -OCH3 is 1. The molecule has 3 rings (SSSR count). The fraction of sp³-hybridized carbons (Fsp3) is 0.167. The number of anilines is 1. The Bertz CT molecular complexity index is 1180. The minimum absolute atomic E-state index is 0.0381. The second-order valence-electron chi connectivity index (χ2n) is 7.13. The van der Waals surface area contributed by atoms with Gasteiger partial charge in [0.1, 0.15) is 6.61 Å². The molecule has 0 saturated heterocycles. The SMILES string of the molecule is COCC(=O)Nc1cccc(CNC(=O)c2ccc(CS(=O)(=O)c3ccccc3)cc2)c1. The van der Waals surface area contributed by atoms with Crippen LogP contribution in [0, 0.1) is 0 Å². The number of carbonyl (C=O) groups excluding carboxylic acids is 2. The summed E-state index contributed by atoms with van der Waals surface area (Å²) < 4.78 is 29.8. The fourth-order valence-corrected chi connectivity index (χ4v) is 4.42. The van der Waals surface area contributed by atoms with Crippen molar-refractivity contribution in [2.24, 2.45) is 0 Å². The van der Waals surface area contributed by atoms with E-state index in [0.717, 1.165) is 5.56 Å². The highest BCUT2D eigenvalue weighted by atomic mass is 32.2. The molecule has 0 aliphatic heterocycles. The number of hydrogen-bond donors (Lipinski definition) is 2. The van der Waals surface area contributed by atoms with Crippen molar-refractivity contribution in [2.45, 2.75) is 17.2 Å². The summed E-state index contributed by atoms with van der Waals surface area (Å²) in [4.78, 5) is 24.4. The first-order valence-corrected chi connectivity index (χ1v) is 11.6. The van der Waals surface area contributed by atoms with Crippen molar-refractivity contribution >= 4 is 27.3 Å². The lowest BCUT2D eigenvalue weighted by Gasteiger charge is -2.09. The van der Waals surface area contributed by atoms with Crippen molar-refractivity contribution in [2.75, 3.05) is 19.0 Å². The number of benzene rings is 3. The zero-order chi connectivity index (χ0) is 23.0. The zero-order valence-electron chi connectivity index (χ0n) is 17.6. The summed E-state index contributed by atoms with van der Waals surface area (Å²) in [5, 5.41) is 5.53. The normalized spacial score (nSPS) is 11.0. The molecule has 0 bridgehead atoms. The Morgan fingerprint density at radius 2 is 1.59 bits per heavy atom. The van der Waals surface area contributed by atoms with Crippen molar-refractivity contribution in [1.82, 2.24) is 5.32 Å². The van der Waals surface area contributed by atoms with E-state index in [4.69, 9.17) is 4.74 Å². The summed E-state index contributed by atoms with van der Waals surface area (Å²) in [6.07, 6.45) is 0. The van der Waals surface area contributed by atoms with Crippen LogP contribution in [0.4, 0.5) is 5.69 Å². The van der Waals surface area contributed by atoms with Crippen LogP contribution in [0.2, 0.25) is 0 Å². The van der Waals surface area contributed by atoms with Gasteiger partial charge in [0, 0.05) is 24.9 Å². The Kier molecular flexibility index (Phi) is 7.75. The molecule has 0 saturated carbocycles. The van der Waals surface area contributed by atoms with Crippen LogP contribution in [-0.4, -0.2) is 33.9 Å². The highest BCUT2D eigenvalue weighted by Crippen LogP contribution is 2.17. The molecule has 0 aliphatic carbocycles. The first kappa shape index (κ1) is 23.2. The van der Waals surface area contributed by atoms with Crippen LogP contribution in [0.1, 0.15) is 21.5 Å². The summed E-state index contributed by atoms with van der Waals surface area (Å²) in [5.74, 6) is -0.681. The second kappa shape index (κ2) is 10.7. The number of carbonyl (C=O) groups is 2. The quantitative estimate of drug-likeness (QED) is 0.519. The summed E-state index contributed by atoms with van der Waals surface area (Å²) in [5.41, 5.74) is 2.46. The Balaban J connectivity index is 1.58. The van der Waals surface area contributed by atoms with Crippen LogP contribution >= 0.6 is 0 Å². The highest BCUT2D eigenvalue weighted by molar-refractivity contribution is 7.90. The molecule has 0 radical (unpaired) electrons. The monoisotopic (exact) mass is 452 g/mol. The van der Waals surface area contributed by atoms with Crippen LogP contribution in [-0.2, 0) is 31.7 Å². The van der Waals surface area contributed by atoms with Gasteiger partial charge < -0.3 is 15.4 Å². The van der Waals surface area contributed by atoms with E-state index in [0.29, 0.717) is 16.8 Å². The molecule has 0 unspecified atom stereocenters. The maximum absolute atomic E-state index is 12.5. The lowest BCUT2D eigenvalue weighted by Crippen LogP contribution is -2.23. The molecule has 0 aromatic heterocycles. The van der Waals surface area contributed by atoms with E-state index >= 15 is 0 Å². The molecule has 166 valence electrons. The molecule has 0 spiro atoms. The molecule has 0 atom stereocenters. The van der Waals surface area contributed by atoms with Crippen molar-refractivity contribution in [3.8, 4) is 0 Å². The number of nitrogens with one attached hydrogen (secondary N) is 2. The summed E-state index contributed by atoms with van der Waals surface area (Å²) in [6, 6.07) is 21.9. The van der Waals surface area contributed by atoms with E-state index in [-0.39, 0.29) is 35.6 Å². The molecule has 8 heteroatoms. The van der Waals surface area contributed by atoms with E-state index in [9.17, 15) is 18.0 Å². The fourth-order valence-electron chi connectivity index (χ4n) is 3.05. The van der Waals surface area contributed by atoms with Crippen molar-refractivity contribution < 1.29 is 22.7 Å². The van der Waals surface area contributed by atoms with Crippen LogP contribution in [0.3, 0.4) is 0 Å². The Morgan fingerprint density at radius 1 is 0.875 bits per heavy atom. The van der Waals surface area contributed by atoms with E-state index < -0.39 is 9.84 Å². The van der Waals surface area contributed by atoms with Crippen molar-refractivity contribution in [3.05, 3.63) is 95.6 Å². The first-order valence-electron chi connectivity index (χ1n) is 9.90. The predicted molar refractivity (Wildman–Crippen MR) is 122 cm³/mol. The van der Waals surface area contributed by atoms with Gasteiger partial charge in [0.15, 0.2) is 9.84 Å². The molecule has 2 amide bonds. The van der Waals surface area contributed by atoms with E-state index in [1.807, 2.05) is 6.07 Å². The van der Waals surface area contributed by atoms with Gasteiger partial charge in [-0.2, -0.15) is 0 Å². The van der Waals surface area contributed by atoms with Gasteiger partial charge in [0.05, 0.1) is 10.6 Å². The Labute approximate surface area is 187 Å². The molecule has 0 fully saturated rings. The second-order valence-corrected chi connectivity index (χ2v) is 9.12. The van der Waals surface area contributed by atoms with Gasteiger partial charge in [-0.25, -0.2) is 8.42 Å². The molecule has 32 heavy (non-hydrogen) atoms. The molecule has 7 nitrogen and oxygen atoms in total. The van der Waals surface area contributed by atoms with Gasteiger partial charge in [0.2, 0.25) is 5.91 Å². The largest absolute Gasteiger partial charge is 0.375 e. The van der Waals surface area contributed by atoms with Crippen molar-refractivity contribution in [1.29, 1.82) is 0 Å². The lowest BCUT2D eigenvalue weighted by molar-refractivity contribution is -0.119. The molecule has 3 aromatic carbocycles. The topological polar surface area (TPSA) is 102 Å². The van der Waals surface area contributed by atoms with Crippen LogP contribution < -0.4 is 10.6 Å². The van der Waals surface area contributed by atoms with Gasteiger partial charge in [-0.1, -0.05) is 42.5 Å². The van der Waals surface area contributed by atoms with Gasteiger partial charge in [-0.05, 0) is 47.5 Å². The van der Waals surface area contributed by atoms with Crippen LogP contribution in [0.15, 0.2) is 83.8 Å². The zero-order valence-corrected chi connectivity index (χ0v) is 18.4. The van der Waals surface area contributed by atoms with Gasteiger partial charge >= 0.3 is 0 Å². The summed E-state index contributed by atoms with van der Waals surface area (Å²) in [6.45, 7) is 0.237. The number of hydrogen-bond acceptors (Lipinski definition) is 5. The third kappa shape index (κ3) is 6.50. The lowest BCUT2D eigenvalue weighted by atomic mass is 10.1. The molecular weight excluding hydrogens is 428 g/mol.